The third-order valence-corrected chi connectivity index (χ3v) is 6.39. The predicted octanol–water partition coefficient (Wildman–Crippen LogP) is 4.82. The van der Waals surface area contributed by atoms with Crippen LogP contribution in [0.4, 0.5) is 5.95 Å². The number of anilines is 1. The molecule has 1 atom stereocenters. The molecule has 1 N–H and O–H groups in total. The van der Waals surface area contributed by atoms with E-state index < -0.39 is 0 Å². The van der Waals surface area contributed by atoms with E-state index in [2.05, 4.69) is 17.2 Å². The molecule has 0 spiro atoms. The molecule has 1 fully saturated rings. The minimum Gasteiger partial charge on any atom is -0.377 e. The van der Waals surface area contributed by atoms with E-state index in [0.29, 0.717) is 25.1 Å². The first-order chi connectivity index (χ1) is 15.9. The van der Waals surface area contributed by atoms with Gasteiger partial charge in [0.25, 0.3) is 0 Å². The number of ether oxygens (including phenoxy) is 1. The second-order valence-electron chi connectivity index (χ2n) is 9.26. The van der Waals surface area contributed by atoms with Crippen molar-refractivity contribution in [1.29, 1.82) is 0 Å². The highest BCUT2D eigenvalue weighted by Gasteiger charge is 2.21. The molecule has 2 aromatic heterocycles. The second-order valence-corrected chi connectivity index (χ2v) is 9.26. The Balaban J connectivity index is 1.71. The molecule has 7 heteroatoms. The van der Waals surface area contributed by atoms with Gasteiger partial charge in [0, 0.05) is 25.0 Å². The fraction of sp³-hybridized carbons (Fsp3) is 0.500. The summed E-state index contributed by atoms with van der Waals surface area (Å²) in [5.74, 6) is 1.41. The van der Waals surface area contributed by atoms with Gasteiger partial charge in [-0.3, -0.25) is 9.13 Å². The number of imidazole rings is 1. The van der Waals surface area contributed by atoms with Crippen LogP contribution in [0.2, 0.25) is 0 Å². The Morgan fingerprint density at radius 2 is 2.00 bits per heavy atom. The largest absolute Gasteiger partial charge is 0.377 e. The summed E-state index contributed by atoms with van der Waals surface area (Å²) in [6.07, 6.45) is 8.31. The van der Waals surface area contributed by atoms with Crippen LogP contribution < -0.4 is 11.0 Å². The molecular weight excluding hydrogens is 414 g/mol. The van der Waals surface area contributed by atoms with Crippen LogP contribution in [-0.2, 0) is 11.3 Å². The van der Waals surface area contributed by atoms with E-state index in [-0.39, 0.29) is 11.8 Å². The van der Waals surface area contributed by atoms with Crippen LogP contribution in [0.15, 0.2) is 47.5 Å². The zero-order valence-corrected chi connectivity index (χ0v) is 20.1. The highest BCUT2D eigenvalue weighted by atomic mass is 16.5. The van der Waals surface area contributed by atoms with Gasteiger partial charge < -0.3 is 10.1 Å². The molecule has 1 unspecified atom stereocenters. The number of hydrogen-bond acceptors (Lipinski definition) is 5. The van der Waals surface area contributed by atoms with Crippen molar-refractivity contribution in [2.45, 2.75) is 72.1 Å². The number of nitrogens with zero attached hydrogens (tertiary/aromatic N) is 4. The number of nitrogens with one attached hydrogen (secondary N) is 1. The lowest BCUT2D eigenvalue weighted by Crippen LogP contribution is -2.28. The molecule has 0 saturated heterocycles. The molecular formula is C26H35N5O2. The Morgan fingerprint density at radius 3 is 2.73 bits per heavy atom. The fourth-order valence-corrected chi connectivity index (χ4v) is 4.59. The molecule has 176 valence electrons. The average molecular weight is 450 g/mol. The van der Waals surface area contributed by atoms with Gasteiger partial charge in [0.1, 0.15) is 0 Å². The molecule has 7 nitrogen and oxygen atoms in total. The van der Waals surface area contributed by atoms with E-state index in [4.69, 9.17) is 9.72 Å². The van der Waals surface area contributed by atoms with Gasteiger partial charge in [0.05, 0.1) is 29.7 Å². The summed E-state index contributed by atoms with van der Waals surface area (Å²) < 4.78 is 9.14. The summed E-state index contributed by atoms with van der Waals surface area (Å²) in [6.45, 7) is 9.38. The fourth-order valence-electron chi connectivity index (χ4n) is 4.59. The van der Waals surface area contributed by atoms with Crippen molar-refractivity contribution in [1.82, 2.24) is 19.1 Å². The predicted molar refractivity (Wildman–Crippen MR) is 132 cm³/mol. The number of aromatic nitrogens is 4. The van der Waals surface area contributed by atoms with Gasteiger partial charge in [-0.1, -0.05) is 19.1 Å². The van der Waals surface area contributed by atoms with E-state index in [1.807, 2.05) is 57.3 Å². The lowest BCUT2D eigenvalue weighted by atomic mass is 9.87. The van der Waals surface area contributed by atoms with Crippen LogP contribution in [0.5, 0.6) is 0 Å². The van der Waals surface area contributed by atoms with Gasteiger partial charge >= 0.3 is 5.69 Å². The van der Waals surface area contributed by atoms with E-state index in [1.165, 1.54) is 12.8 Å². The molecule has 1 aliphatic rings. The number of aryl methyl sites for hydroxylation is 1. The Morgan fingerprint density at radius 1 is 1.21 bits per heavy atom. The Labute approximate surface area is 195 Å². The monoisotopic (exact) mass is 449 g/mol. The molecule has 4 rings (SSSR count). The average Bonchev–Trinajstić information content (AvgIpc) is 3.11. The van der Waals surface area contributed by atoms with Crippen molar-refractivity contribution in [3.05, 3.63) is 58.8 Å². The molecule has 3 aromatic rings. The molecule has 1 aromatic carbocycles. The molecule has 2 heterocycles. The summed E-state index contributed by atoms with van der Waals surface area (Å²) >= 11 is 0. The van der Waals surface area contributed by atoms with Crippen molar-refractivity contribution < 1.29 is 4.74 Å². The first kappa shape index (κ1) is 23.2. The van der Waals surface area contributed by atoms with Gasteiger partial charge in [0.2, 0.25) is 5.95 Å². The van der Waals surface area contributed by atoms with Gasteiger partial charge in [0.15, 0.2) is 0 Å². The third kappa shape index (κ3) is 5.53. The SMILES string of the molecule is CCOC(C)Cn1cc(-c2ccnc(N[C@H]3CC[C@H](C)CC3)n2)n(-c2cccc(C)c2)c1=O. The summed E-state index contributed by atoms with van der Waals surface area (Å²) in [5.41, 5.74) is 3.29. The van der Waals surface area contributed by atoms with E-state index in [9.17, 15) is 4.79 Å². The second kappa shape index (κ2) is 10.3. The first-order valence-corrected chi connectivity index (χ1v) is 12.1. The minimum absolute atomic E-state index is 0.0646. The van der Waals surface area contributed by atoms with Gasteiger partial charge in [-0.2, -0.15) is 0 Å². The number of hydrogen-bond donors (Lipinski definition) is 1. The van der Waals surface area contributed by atoms with Gasteiger partial charge in [-0.05, 0) is 76.1 Å². The van der Waals surface area contributed by atoms with E-state index in [1.54, 1.807) is 15.3 Å². The van der Waals surface area contributed by atoms with Crippen LogP contribution >= 0.6 is 0 Å². The quantitative estimate of drug-likeness (QED) is 0.534. The Hall–Kier alpha value is -2.93. The number of rotatable bonds is 8. The molecule has 0 amide bonds. The summed E-state index contributed by atoms with van der Waals surface area (Å²) in [6, 6.07) is 10.2. The van der Waals surface area contributed by atoms with Crippen molar-refractivity contribution in [2.75, 3.05) is 11.9 Å². The minimum atomic E-state index is -0.100. The molecule has 0 radical (unpaired) electrons. The zero-order chi connectivity index (χ0) is 23.4. The van der Waals surface area contributed by atoms with Crippen LogP contribution in [-0.4, -0.2) is 37.9 Å². The zero-order valence-electron chi connectivity index (χ0n) is 20.1. The van der Waals surface area contributed by atoms with Crippen LogP contribution in [0.1, 0.15) is 52.0 Å². The lowest BCUT2D eigenvalue weighted by molar-refractivity contribution is 0.0633. The summed E-state index contributed by atoms with van der Waals surface area (Å²) in [4.78, 5) is 22.7. The molecule has 0 aliphatic heterocycles. The Bertz CT molecular complexity index is 1130. The highest BCUT2D eigenvalue weighted by Crippen LogP contribution is 2.26. The molecule has 33 heavy (non-hydrogen) atoms. The maximum Gasteiger partial charge on any atom is 0.333 e. The Kier molecular flexibility index (Phi) is 7.28. The highest BCUT2D eigenvalue weighted by molar-refractivity contribution is 5.59. The van der Waals surface area contributed by atoms with Crippen LogP contribution in [0, 0.1) is 12.8 Å². The van der Waals surface area contributed by atoms with Crippen LogP contribution in [0.3, 0.4) is 0 Å². The van der Waals surface area contributed by atoms with Gasteiger partial charge in [-0.25, -0.2) is 14.8 Å². The molecule has 1 aliphatic carbocycles. The molecule has 0 bridgehead atoms. The summed E-state index contributed by atoms with van der Waals surface area (Å²) in [7, 11) is 0. The topological polar surface area (TPSA) is 74.0 Å². The van der Waals surface area contributed by atoms with E-state index in [0.717, 1.165) is 41.4 Å². The van der Waals surface area contributed by atoms with Crippen molar-refractivity contribution in [2.24, 2.45) is 5.92 Å². The van der Waals surface area contributed by atoms with Gasteiger partial charge in [-0.15, -0.1) is 0 Å². The molecule has 1 saturated carbocycles. The van der Waals surface area contributed by atoms with Crippen molar-refractivity contribution in [3.63, 3.8) is 0 Å². The van der Waals surface area contributed by atoms with Crippen molar-refractivity contribution in [3.8, 4) is 17.1 Å². The van der Waals surface area contributed by atoms with Crippen molar-refractivity contribution >= 4 is 5.95 Å². The third-order valence-electron chi connectivity index (χ3n) is 6.39. The van der Waals surface area contributed by atoms with Crippen LogP contribution in [0.25, 0.3) is 17.1 Å². The normalized spacial score (nSPS) is 19.4. The smallest absolute Gasteiger partial charge is 0.333 e. The standard InChI is InChI=1S/C26H35N5O2/c1-5-33-20(4)16-30-17-24(31(26(30)32)22-8-6-7-19(3)15-22)23-13-14-27-25(29-23)28-21-11-9-18(2)10-12-21/h6-8,13-15,17-18,20-21H,5,9-12,16H2,1-4H3,(H,27,28,29)/t18-,20?,21-. The maximum absolute atomic E-state index is 13.5. The lowest BCUT2D eigenvalue weighted by Gasteiger charge is -2.26. The van der Waals surface area contributed by atoms with E-state index >= 15 is 0 Å². The first-order valence-electron chi connectivity index (χ1n) is 12.1. The number of benzene rings is 1. The summed E-state index contributed by atoms with van der Waals surface area (Å²) in [5, 5.41) is 3.51. The maximum atomic E-state index is 13.5.